The van der Waals surface area contributed by atoms with Crippen molar-refractivity contribution in [2.45, 2.75) is 65.1 Å². The third kappa shape index (κ3) is 12.7. The Morgan fingerprint density at radius 3 is 1.57 bits per heavy atom. The van der Waals surface area contributed by atoms with Crippen LogP contribution in [0, 0.1) is 0 Å². The highest BCUT2D eigenvalue weighted by atomic mass is 19.4. The Balaban J connectivity index is 0.000000402. The zero-order chi connectivity index (χ0) is 30.5. The first-order chi connectivity index (χ1) is 18.6. The summed E-state index contributed by atoms with van der Waals surface area (Å²) in [4.78, 5) is 26.8. The zero-order valence-corrected chi connectivity index (χ0v) is 22.1. The molecule has 0 fully saturated rings. The van der Waals surface area contributed by atoms with E-state index in [1.165, 1.54) is 25.3 Å². The van der Waals surface area contributed by atoms with Crippen molar-refractivity contribution in [3.8, 4) is 11.5 Å². The Kier molecular flexibility index (Phi) is 13.3. The van der Waals surface area contributed by atoms with Crippen molar-refractivity contribution in [1.82, 2.24) is 0 Å². The van der Waals surface area contributed by atoms with E-state index in [9.17, 15) is 35.9 Å². The maximum Gasteiger partial charge on any atom is 0.573 e. The van der Waals surface area contributed by atoms with Crippen molar-refractivity contribution < 1.29 is 50.1 Å². The number of ether oxygens (including phenoxy) is 3. The van der Waals surface area contributed by atoms with Crippen molar-refractivity contribution in [2.24, 2.45) is 16.5 Å². The molecule has 14 heteroatoms. The molecule has 0 aliphatic rings. The summed E-state index contributed by atoms with van der Waals surface area (Å²) < 4.78 is 85.1. The van der Waals surface area contributed by atoms with Crippen LogP contribution in [-0.4, -0.2) is 37.7 Å². The van der Waals surface area contributed by atoms with Crippen LogP contribution in [-0.2, 0) is 17.6 Å². The normalized spacial score (nSPS) is 11.1. The number of hydrogen-bond donors (Lipinski definition) is 2. The van der Waals surface area contributed by atoms with Gasteiger partial charge in [0.05, 0.1) is 12.7 Å². The second-order valence-electron chi connectivity index (χ2n) is 8.27. The molecule has 0 aliphatic carbocycles. The van der Waals surface area contributed by atoms with Gasteiger partial charge in [-0.3, -0.25) is 4.79 Å². The summed E-state index contributed by atoms with van der Waals surface area (Å²) in [5, 5.41) is 0. The fraction of sp³-hybridized carbons (Fsp3) is 0.423. The molecule has 0 saturated heterocycles. The molecule has 0 atom stereocenters. The van der Waals surface area contributed by atoms with E-state index in [2.05, 4.69) is 19.2 Å². The number of nitrogens with zero attached hydrogens (tertiary/aromatic N) is 1. The molecule has 8 nitrogen and oxygen atoms in total. The second-order valence-corrected chi connectivity index (χ2v) is 8.27. The fourth-order valence-corrected chi connectivity index (χ4v) is 3.35. The van der Waals surface area contributed by atoms with E-state index in [1.54, 1.807) is 0 Å². The van der Waals surface area contributed by atoms with E-state index in [0.717, 1.165) is 43.9 Å². The number of halogens is 6. The zero-order valence-electron chi connectivity index (χ0n) is 22.1. The number of carbonyl (C=O) groups is 2. The number of benzene rings is 2. The van der Waals surface area contributed by atoms with Crippen LogP contribution >= 0.6 is 0 Å². The summed E-state index contributed by atoms with van der Waals surface area (Å²) in [5.74, 6) is -2.83. The molecule has 1 amide bonds. The van der Waals surface area contributed by atoms with Gasteiger partial charge in [-0.05, 0) is 61.1 Å². The molecule has 2 rings (SSSR count). The van der Waals surface area contributed by atoms with Gasteiger partial charge >= 0.3 is 18.7 Å². The Morgan fingerprint density at radius 1 is 0.775 bits per heavy atom. The van der Waals surface area contributed by atoms with Crippen LogP contribution in [0.3, 0.4) is 0 Å². The standard InChI is InChI=1S/C13H16F3N3O2.C13H15F3O3/c1-2-3-4-8-5-6-9(21-13(14,15)16)7-10(8)11(20)19-12(17)18;1-3-4-5-9-6-7-10(19-13(14,15)16)8-11(9)12(17)18-2/h5-7H,2-4H2,1H3,(H4,17,18,19,20);6-8H,3-5H2,1-2H3. The largest absolute Gasteiger partial charge is 0.573 e. The fourth-order valence-electron chi connectivity index (χ4n) is 3.35. The van der Waals surface area contributed by atoms with Gasteiger partial charge in [0.2, 0.25) is 0 Å². The summed E-state index contributed by atoms with van der Waals surface area (Å²) in [6.07, 6.45) is -5.07. The van der Waals surface area contributed by atoms with Crippen LogP contribution in [0.1, 0.15) is 71.4 Å². The van der Waals surface area contributed by atoms with Gasteiger partial charge in [0.1, 0.15) is 11.5 Å². The molecule has 0 spiro atoms. The van der Waals surface area contributed by atoms with Gasteiger partial charge in [-0.2, -0.15) is 4.99 Å². The lowest BCUT2D eigenvalue weighted by Crippen LogP contribution is -2.24. The van der Waals surface area contributed by atoms with Gasteiger partial charge in [-0.1, -0.05) is 38.8 Å². The van der Waals surface area contributed by atoms with Gasteiger partial charge in [0, 0.05) is 5.56 Å². The molecule has 0 unspecified atom stereocenters. The highest BCUT2D eigenvalue weighted by Gasteiger charge is 2.32. The minimum absolute atomic E-state index is 0.00130. The van der Waals surface area contributed by atoms with Gasteiger partial charge in [-0.15, -0.1) is 26.3 Å². The van der Waals surface area contributed by atoms with E-state index in [0.29, 0.717) is 24.0 Å². The number of hydrogen-bond acceptors (Lipinski definition) is 5. The number of aryl methyl sites for hydroxylation is 2. The predicted molar refractivity (Wildman–Crippen MR) is 135 cm³/mol. The van der Waals surface area contributed by atoms with Gasteiger partial charge in [-0.25, -0.2) is 4.79 Å². The minimum Gasteiger partial charge on any atom is -0.465 e. The Bertz CT molecular complexity index is 1160. The number of amides is 1. The molecule has 2 aromatic rings. The number of nitrogens with two attached hydrogens (primary N) is 2. The van der Waals surface area contributed by atoms with Crippen LogP contribution in [0.5, 0.6) is 11.5 Å². The molecule has 2 aromatic carbocycles. The maximum atomic E-state index is 12.2. The smallest absolute Gasteiger partial charge is 0.465 e. The monoisotopic (exact) mass is 579 g/mol. The van der Waals surface area contributed by atoms with Crippen LogP contribution < -0.4 is 20.9 Å². The van der Waals surface area contributed by atoms with E-state index >= 15 is 0 Å². The predicted octanol–water partition coefficient (Wildman–Crippen LogP) is 6.06. The van der Waals surface area contributed by atoms with Crippen LogP contribution in [0.4, 0.5) is 26.3 Å². The molecule has 0 radical (unpaired) electrons. The molecular formula is C26H31F6N3O5. The first-order valence-electron chi connectivity index (χ1n) is 12.1. The van der Waals surface area contributed by atoms with Gasteiger partial charge in [0.15, 0.2) is 5.96 Å². The summed E-state index contributed by atoms with van der Waals surface area (Å²) >= 11 is 0. The highest BCUT2D eigenvalue weighted by Crippen LogP contribution is 2.27. The van der Waals surface area contributed by atoms with Crippen molar-refractivity contribution in [3.05, 3.63) is 58.7 Å². The molecule has 222 valence electrons. The Labute approximate surface area is 227 Å². The van der Waals surface area contributed by atoms with Crippen molar-refractivity contribution in [3.63, 3.8) is 0 Å². The van der Waals surface area contributed by atoms with Crippen LogP contribution in [0.2, 0.25) is 0 Å². The number of carbonyl (C=O) groups excluding carboxylic acids is 2. The number of methoxy groups -OCH3 is 1. The lowest BCUT2D eigenvalue weighted by atomic mass is 10.0. The van der Waals surface area contributed by atoms with E-state index in [-0.39, 0.29) is 11.1 Å². The maximum absolute atomic E-state index is 12.2. The number of esters is 1. The van der Waals surface area contributed by atoms with Gasteiger partial charge in [0.25, 0.3) is 5.91 Å². The van der Waals surface area contributed by atoms with Crippen molar-refractivity contribution >= 4 is 17.8 Å². The third-order valence-corrected chi connectivity index (χ3v) is 5.10. The first-order valence-corrected chi connectivity index (χ1v) is 12.1. The number of rotatable bonds is 10. The van der Waals surface area contributed by atoms with E-state index < -0.39 is 42.1 Å². The molecule has 0 aromatic heterocycles. The molecular weight excluding hydrogens is 548 g/mol. The quantitative estimate of drug-likeness (QED) is 0.152. The minimum atomic E-state index is -4.83. The molecule has 0 bridgehead atoms. The average Bonchev–Trinajstić information content (AvgIpc) is 2.84. The number of alkyl halides is 6. The van der Waals surface area contributed by atoms with E-state index in [4.69, 9.17) is 11.5 Å². The topological polar surface area (TPSA) is 126 Å². The van der Waals surface area contributed by atoms with Crippen molar-refractivity contribution in [1.29, 1.82) is 0 Å². The summed E-state index contributed by atoms with van der Waals surface area (Å²) in [7, 11) is 1.18. The van der Waals surface area contributed by atoms with E-state index in [1.807, 2.05) is 13.8 Å². The highest BCUT2D eigenvalue weighted by molar-refractivity contribution is 6.03. The number of unbranched alkanes of at least 4 members (excludes halogenated alkanes) is 2. The summed E-state index contributed by atoms with van der Waals surface area (Å²) in [5.41, 5.74) is 11.6. The first kappa shape index (κ1) is 34.1. The summed E-state index contributed by atoms with van der Waals surface area (Å²) in [6, 6.07) is 7.28. The average molecular weight is 580 g/mol. The summed E-state index contributed by atoms with van der Waals surface area (Å²) in [6.45, 7) is 3.94. The van der Waals surface area contributed by atoms with Crippen LogP contribution in [0.15, 0.2) is 41.4 Å². The molecule has 0 saturated carbocycles. The number of aliphatic imine (C=N–C) groups is 1. The van der Waals surface area contributed by atoms with Crippen LogP contribution in [0.25, 0.3) is 0 Å². The molecule has 4 N–H and O–H groups in total. The third-order valence-electron chi connectivity index (χ3n) is 5.10. The lowest BCUT2D eigenvalue weighted by molar-refractivity contribution is -0.275. The lowest BCUT2D eigenvalue weighted by Gasteiger charge is -2.12. The SMILES string of the molecule is CCCCc1ccc(OC(F)(F)F)cc1C(=O)N=C(N)N.CCCCc1ccc(OC(F)(F)F)cc1C(=O)OC. The molecule has 0 heterocycles. The Hall–Kier alpha value is -3.97. The second kappa shape index (κ2) is 15.6. The molecule has 0 aliphatic heterocycles. The Morgan fingerprint density at radius 2 is 1.20 bits per heavy atom. The van der Waals surface area contributed by atoms with Crippen molar-refractivity contribution in [2.75, 3.05) is 7.11 Å². The number of guanidine groups is 1. The van der Waals surface area contributed by atoms with Gasteiger partial charge < -0.3 is 25.7 Å². The molecule has 40 heavy (non-hydrogen) atoms.